The fraction of sp³-hybridized carbons (Fsp3) is 0.455. The molecule has 1 aromatic carbocycles. The minimum Gasteiger partial charge on any atom is -0.388 e. The van der Waals surface area contributed by atoms with E-state index in [1.165, 1.54) is 6.07 Å². The summed E-state index contributed by atoms with van der Waals surface area (Å²) >= 11 is 0. The fourth-order valence-corrected chi connectivity index (χ4v) is 1.46. The molecule has 0 aromatic heterocycles. The standard InChI is InChI=1S/C11H12F4O/c1-2-4-9(16)7-5-3-6-8(10(7)12)11(13,14)15/h3,5-6,9,16H,2,4H2,1H3/t9-/m0/s1. The van der Waals surface area contributed by atoms with Gasteiger partial charge < -0.3 is 5.11 Å². The highest BCUT2D eigenvalue weighted by molar-refractivity contribution is 5.29. The smallest absolute Gasteiger partial charge is 0.388 e. The van der Waals surface area contributed by atoms with E-state index in [1.54, 1.807) is 6.92 Å². The highest BCUT2D eigenvalue weighted by Crippen LogP contribution is 2.34. The van der Waals surface area contributed by atoms with Crippen molar-refractivity contribution in [3.05, 3.63) is 35.1 Å². The third kappa shape index (κ3) is 2.72. The van der Waals surface area contributed by atoms with Crippen LogP contribution in [0.15, 0.2) is 18.2 Å². The van der Waals surface area contributed by atoms with Crippen molar-refractivity contribution in [3.8, 4) is 0 Å². The van der Waals surface area contributed by atoms with Crippen molar-refractivity contribution in [2.75, 3.05) is 0 Å². The normalized spacial score (nSPS) is 13.9. The quantitative estimate of drug-likeness (QED) is 0.794. The third-order valence-electron chi connectivity index (χ3n) is 2.26. The third-order valence-corrected chi connectivity index (χ3v) is 2.26. The first-order valence-corrected chi connectivity index (χ1v) is 4.91. The van der Waals surface area contributed by atoms with E-state index in [2.05, 4.69) is 0 Å². The summed E-state index contributed by atoms with van der Waals surface area (Å²) in [6.45, 7) is 1.76. The summed E-state index contributed by atoms with van der Waals surface area (Å²) in [5, 5.41) is 9.48. The number of aliphatic hydroxyl groups excluding tert-OH is 1. The molecule has 0 aliphatic rings. The van der Waals surface area contributed by atoms with Crippen molar-refractivity contribution in [2.24, 2.45) is 0 Å². The van der Waals surface area contributed by atoms with Crippen LogP contribution >= 0.6 is 0 Å². The zero-order valence-electron chi connectivity index (χ0n) is 8.68. The molecule has 1 rings (SSSR count). The molecule has 0 amide bonds. The van der Waals surface area contributed by atoms with Crippen LogP contribution in [0.25, 0.3) is 0 Å². The second-order valence-electron chi connectivity index (χ2n) is 3.51. The molecule has 5 heteroatoms. The molecule has 1 N–H and O–H groups in total. The summed E-state index contributed by atoms with van der Waals surface area (Å²) in [5.74, 6) is -1.38. The zero-order valence-corrected chi connectivity index (χ0v) is 8.68. The van der Waals surface area contributed by atoms with Crippen LogP contribution in [0.1, 0.15) is 37.0 Å². The second-order valence-corrected chi connectivity index (χ2v) is 3.51. The van der Waals surface area contributed by atoms with Gasteiger partial charge in [-0.05, 0) is 12.5 Å². The molecular weight excluding hydrogens is 224 g/mol. The minimum absolute atomic E-state index is 0.234. The summed E-state index contributed by atoms with van der Waals surface area (Å²) in [4.78, 5) is 0. The van der Waals surface area contributed by atoms with E-state index in [9.17, 15) is 22.7 Å². The van der Waals surface area contributed by atoms with Crippen molar-refractivity contribution in [3.63, 3.8) is 0 Å². The van der Waals surface area contributed by atoms with E-state index in [0.29, 0.717) is 12.5 Å². The van der Waals surface area contributed by atoms with E-state index < -0.39 is 23.7 Å². The summed E-state index contributed by atoms with van der Waals surface area (Å²) in [7, 11) is 0. The van der Waals surface area contributed by atoms with Crippen LogP contribution in [0.2, 0.25) is 0 Å². The number of benzene rings is 1. The minimum atomic E-state index is -4.73. The molecule has 0 unspecified atom stereocenters. The monoisotopic (exact) mass is 236 g/mol. The molecule has 0 saturated carbocycles. The SMILES string of the molecule is CCC[C@H](O)c1cccc(C(F)(F)F)c1F. The Kier molecular flexibility index (Phi) is 3.91. The summed E-state index contributed by atoms with van der Waals surface area (Å²) in [5.41, 5.74) is -1.63. The molecule has 16 heavy (non-hydrogen) atoms. The van der Waals surface area contributed by atoms with Crippen LogP contribution in [-0.2, 0) is 6.18 Å². The molecule has 0 heterocycles. The van der Waals surface area contributed by atoms with Crippen molar-refractivity contribution in [2.45, 2.75) is 32.0 Å². The van der Waals surface area contributed by atoms with Crippen LogP contribution in [0.4, 0.5) is 17.6 Å². The van der Waals surface area contributed by atoms with Gasteiger partial charge in [-0.1, -0.05) is 25.5 Å². The van der Waals surface area contributed by atoms with Crippen LogP contribution in [0.5, 0.6) is 0 Å². The molecular formula is C11H12F4O. The van der Waals surface area contributed by atoms with E-state index in [0.717, 1.165) is 6.07 Å². The number of aliphatic hydroxyl groups is 1. The van der Waals surface area contributed by atoms with Gasteiger partial charge in [-0.15, -0.1) is 0 Å². The Labute approximate surface area is 90.7 Å². The Morgan fingerprint density at radius 1 is 1.31 bits per heavy atom. The Morgan fingerprint density at radius 3 is 2.44 bits per heavy atom. The fourth-order valence-electron chi connectivity index (χ4n) is 1.46. The Balaban J connectivity index is 3.14. The highest BCUT2D eigenvalue weighted by atomic mass is 19.4. The lowest BCUT2D eigenvalue weighted by atomic mass is 10.0. The van der Waals surface area contributed by atoms with Gasteiger partial charge in [0.1, 0.15) is 5.82 Å². The van der Waals surface area contributed by atoms with Crippen molar-refractivity contribution >= 4 is 0 Å². The predicted molar refractivity (Wildman–Crippen MR) is 51.3 cm³/mol. The van der Waals surface area contributed by atoms with Crippen molar-refractivity contribution in [1.29, 1.82) is 0 Å². The van der Waals surface area contributed by atoms with Gasteiger partial charge in [0.15, 0.2) is 0 Å². The van der Waals surface area contributed by atoms with E-state index in [4.69, 9.17) is 0 Å². The van der Waals surface area contributed by atoms with E-state index in [-0.39, 0.29) is 12.0 Å². The number of rotatable bonds is 3. The molecule has 1 aromatic rings. The van der Waals surface area contributed by atoms with E-state index >= 15 is 0 Å². The first-order chi connectivity index (χ1) is 7.38. The molecule has 0 fully saturated rings. The molecule has 0 aliphatic heterocycles. The first-order valence-electron chi connectivity index (χ1n) is 4.91. The maximum atomic E-state index is 13.5. The lowest BCUT2D eigenvalue weighted by Gasteiger charge is -2.14. The molecule has 0 saturated heterocycles. The molecule has 0 radical (unpaired) electrons. The van der Waals surface area contributed by atoms with Crippen LogP contribution in [0, 0.1) is 5.82 Å². The van der Waals surface area contributed by atoms with Gasteiger partial charge in [-0.2, -0.15) is 13.2 Å². The molecule has 1 nitrogen and oxygen atoms in total. The molecule has 0 bridgehead atoms. The highest BCUT2D eigenvalue weighted by Gasteiger charge is 2.35. The van der Waals surface area contributed by atoms with Gasteiger partial charge in [0.05, 0.1) is 11.7 Å². The van der Waals surface area contributed by atoms with Gasteiger partial charge in [-0.25, -0.2) is 4.39 Å². The van der Waals surface area contributed by atoms with Gasteiger partial charge in [-0.3, -0.25) is 0 Å². The maximum absolute atomic E-state index is 13.5. The average Bonchev–Trinajstić information content (AvgIpc) is 2.16. The lowest BCUT2D eigenvalue weighted by Crippen LogP contribution is -2.11. The molecule has 90 valence electrons. The number of alkyl halides is 3. The Morgan fingerprint density at radius 2 is 1.94 bits per heavy atom. The van der Waals surface area contributed by atoms with Crippen LogP contribution in [-0.4, -0.2) is 5.11 Å². The Hall–Kier alpha value is -1.10. The van der Waals surface area contributed by atoms with Gasteiger partial charge in [0, 0.05) is 5.56 Å². The maximum Gasteiger partial charge on any atom is 0.419 e. The topological polar surface area (TPSA) is 20.2 Å². The lowest BCUT2D eigenvalue weighted by molar-refractivity contribution is -0.140. The predicted octanol–water partition coefficient (Wildman–Crippen LogP) is 3.68. The summed E-state index contributed by atoms with van der Waals surface area (Å²) in [6.07, 6.45) is -5.12. The summed E-state index contributed by atoms with van der Waals surface area (Å²) in [6, 6.07) is 2.93. The number of halogens is 4. The molecule has 0 aliphatic carbocycles. The first kappa shape index (κ1) is 13.0. The zero-order chi connectivity index (χ0) is 12.3. The number of hydrogen-bond donors (Lipinski definition) is 1. The molecule has 0 spiro atoms. The largest absolute Gasteiger partial charge is 0.419 e. The van der Waals surface area contributed by atoms with Crippen LogP contribution in [0.3, 0.4) is 0 Å². The van der Waals surface area contributed by atoms with E-state index in [1.807, 2.05) is 0 Å². The van der Waals surface area contributed by atoms with Crippen LogP contribution < -0.4 is 0 Å². The van der Waals surface area contributed by atoms with Gasteiger partial charge >= 0.3 is 6.18 Å². The Bertz CT molecular complexity index is 359. The number of hydrogen-bond acceptors (Lipinski definition) is 1. The average molecular weight is 236 g/mol. The molecule has 1 atom stereocenters. The van der Waals surface area contributed by atoms with Gasteiger partial charge in [0.2, 0.25) is 0 Å². The van der Waals surface area contributed by atoms with Crippen molar-refractivity contribution in [1.82, 2.24) is 0 Å². The second kappa shape index (κ2) is 4.82. The van der Waals surface area contributed by atoms with Gasteiger partial charge in [0.25, 0.3) is 0 Å². The van der Waals surface area contributed by atoms with Crippen molar-refractivity contribution < 1.29 is 22.7 Å². The summed E-state index contributed by atoms with van der Waals surface area (Å²) < 4.78 is 50.5.